The second kappa shape index (κ2) is 7.71. The molecule has 2 heterocycles. The molecule has 0 aliphatic carbocycles. The molecular weight excluding hydrogens is 490 g/mol. The maximum Gasteiger partial charge on any atom is 0.330 e. The molecule has 11 heteroatoms. The molecule has 0 spiro atoms. The molecule has 152 valence electrons. The van der Waals surface area contributed by atoms with Crippen molar-refractivity contribution in [2.75, 3.05) is 6.61 Å². The average Bonchev–Trinajstić information content (AvgIpc) is 2.89. The third-order valence-corrected chi connectivity index (χ3v) is 7.18. The summed E-state index contributed by atoms with van der Waals surface area (Å²) in [6.45, 7) is 3.19. The molecule has 3 rings (SSSR count). The van der Waals surface area contributed by atoms with E-state index in [9.17, 15) is 9.59 Å². The van der Waals surface area contributed by atoms with Crippen molar-refractivity contribution < 1.29 is 14.3 Å². The second-order valence-electron chi connectivity index (χ2n) is 6.85. The first kappa shape index (κ1) is 22.3. The van der Waals surface area contributed by atoms with Crippen molar-refractivity contribution in [2.45, 2.75) is 38.8 Å². The van der Waals surface area contributed by atoms with Crippen molar-refractivity contribution >= 4 is 86.8 Å². The highest BCUT2D eigenvalue weighted by Gasteiger charge is 2.72. The van der Waals surface area contributed by atoms with Crippen LogP contribution in [0, 0.1) is 0 Å². The minimum Gasteiger partial charge on any atom is -0.460 e. The van der Waals surface area contributed by atoms with Crippen LogP contribution >= 0.6 is 69.8 Å². The lowest BCUT2D eigenvalue weighted by Crippen LogP contribution is -2.70. The summed E-state index contributed by atoms with van der Waals surface area (Å²) in [5, 5.41) is -0.469. The first-order valence-corrected chi connectivity index (χ1v) is 10.9. The van der Waals surface area contributed by atoms with Crippen molar-refractivity contribution in [3.05, 3.63) is 35.9 Å². The molecule has 2 fully saturated rings. The van der Waals surface area contributed by atoms with Crippen LogP contribution in [-0.2, 0) is 14.3 Å². The van der Waals surface area contributed by atoms with E-state index in [1.807, 2.05) is 19.9 Å². The maximum atomic E-state index is 12.9. The Bertz CT molecular complexity index is 830. The number of benzene rings is 1. The number of ether oxygens (including phenoxy) is 1. The summed E-state index contributed by atoms with van der Waals surface area (Å²) in [5.41, 5.74) is 0.635. The molecule has 2 aliphatic heterocycles. The maximum absolute atomic E-state index is 12.9. The number of fused-ring (bicyclic) bond motifs is 1. The van der Waals surface area contributed by atoms with Crippen LogP contribution in [0.15, 0.2) is 35.3 Å². The van der Waals surface area contributed by atoms with E-state index in [0.717, 1.165) is 0 Å². The third kappa shape index (κ3) is 4.09. The summed E-state index contributed by atoms with van der Waals surface area (Å²) in [6, 6.07) is 8.06. The summed E-state index contributed by atoms with van der Waals surface area (Å²) in [4.78, 5) is 29.5. The number of aliphatic imine (C=N–C) groups is 1. The van der Waals surface area contributed by atoms with Crippen LogP contribution in [0.5, 0.6) is 0 Å². The van der Waals surface area contributed by atoms with Gasteiger partial charge >= 0.3 is 5.97 Å². The number of esters is 1. The number of hydrogen-bond donors (Lipinski definition) is 0. The van der Waals surface area contributed by atoms with Crippen LogP contribution in [0.25, 0.3) is 0 Å². The fourth-order valence-corrected chi connectivity index (χ4v) is 5.54. The van der Waals surface area contributed by atoms with Gasteiger partial charge in [0.2, 0.25) is 8.79 Å². The number of alkyl halides is 4. The van der Waals surface area contributed by atoms with Crippen LogP contribution in [0.2, 0.25) is 0 Å². The van der Waals surface area contributed by atoms with E-state index in [1.165, 1.54) is 16.7 Å². The Hall–Kier alpha value is -0.370. The molecular formula is C17H15Cl5N2O3S. The number of thioether (sulfide) groups is 1. The monoisotopic (exact) mass is 502 g/mol. The highest BCUT2D eigenvalue weighted by Crippen LogP contribution is 2.58. The molecule has 3 atom stereocenters. The Morgan fingerprint density at radius 2 is 1.89 bits per heavy atom. The Kier molecular flexibility index (Phi) is 6.15. The number of carbonyl (C=O) groups is 2. The lowest BCUT2D eigenvalue weighted by molar-refractivity contribution is -0.164. The molecule has 0 unspecified atom stereocenters. The van der Waals surface area contributed by atoms with E-state index in [1.54, 1.807) is 24.3 Å². The number of amides is 1. The molecule has 0 radical (unpaired) electrons. The molecule has 1 aromatic carbocycles. The first-order valence-electron chi connectivity index (χ1n) is 8.10. The zero-order valence-electron chi connectivity index (χ0n) is 14.7. The van der Waals surface area contributed by atoms with Gasteiger partial charge in [-0.3, -0.25) is 4.79 Å². The van der Waals surface area contributed by atoms with E-state index in [2.05, 4.69) is 4.99 Å². The summed E-state index contributed by atoms with van der Waals surface area (Å²) in [6.07, 6.45) is 0. The van der Waals surface area contributed by atoms with Crippen molar-refractivity contribution in [3.63, 3.8) is 0 Å². The largest absolute Gasteiger partial charge is 0.460 e. The van der Waals surface area contributed by atoms with E-state index in [-0.39, 0.29) is 5.17 Å². The molecule has 2 saturated heterocycles. The number of carbonyl (C=O) groups excluding carboxylic acids is 2. The van der Waals surface area contributed by atoms with Gasteiger partial charge < -0.3 is 9.64 Å². The summed E-state index contributed by atoms with van der Waals surface area (Å²) in [7, 11) is 0. The summed E-state index contributed by atoms with van der Waals surface area (Å²) in [5.74, 6) is -1.20. The van der Waals surface area contributed by atoms with E-state index in [0.29, 0.717) is 5.56 Å². The molecule has 2 aliphatic rings. The molecule has 0 aromatic heterocycles. The zero-order valence-corrected chi connectivity index (χ0v) is 19.3. The minimum atomic E-state index is -1.74. The van der Waals surface area contributed by atoms with Crippen LogP contribution in [0.1, 0.15) is 19.4 Å². The van der Waals surface area contributed by atoms with Crippen molar-refractivity contribution in [2.24, 2.45) is 4.99 Å². The SMILES string of the molecule is CC1(C)S[C@H]2N(C(=O)[C@@]2(Cl)N=C(Cl)c2ccccc2)[C@H]1C(=O)OCC(Cl)(Cl)Cl. The van der Waals surface area contributed by atoms with Gasteiger partial charge in [0, 0.05) is 10.3 Å². The van der Waals surface area contributed by atoms with Gasteiger partial charge in [0.25, 0.3) is 5.91 Å². The Balaban J connectivity index is 1.83. The van der Waals surface area contributed by atoms with Gasteiger partial charge in [-0.05, 0) is 13.8 Å². The van der Waals surface area contributed by atoms with Gasteiger partial charge in [-0.1, -0.05) is 88.3 Å². The highest BCUT2D eigenvalue weighted by atomic mass is 35.6. The van der Waals surface area contributed by atoms with E-state index >= 15 is 0 Å². The van der Waals surface area contributed by atoms with Crippen molar-refractivity contribution in [1.82, 2.24) is 4.90 Å². The van der Waals surface area contributed by atoms with Gasteiger partial charge in [-0.25, -0.2) is 9.79 Å². The molecule has 0 saturated carbocycles. The average molecular weight is 505 g/mol. The number of nitrogens with zero attached hydrogens (tertiary/aromatic N) is 2. The van der Waals surface area contributed by atoms with Crippen LogP contribution in [0.4, 0.5) is 0 Å². The van der Waals surface area contributed by atoms with Crippen LogP contribution in [0.3, 0.4) is 0 Å². The molecule has 1 aromatic rings. The van der Waals surface area contributed by atoms with Gasteiger partial charge in [0.15, 0.2) is 0 Å². The van der Waals surface area contributed by atoms with Crippen LogP contribution in [-0.4, -0.2) is 53.5 Å². The van der Waals surface area contributed by atoms with Gasteiger partial charge in [-0.15, -0.1) is 11.8 Å². The molecule has 5 nitrogen and oxygen atoms in total. The number of halogens is 5. The smallest absolute Gasteiger partial charge is 0.330 e. The number of β-lactam (4-membered cyclic amide) rings is 1. The predicted octanol–water partition coefficient (Wildman–Crippen LogP) is 4.58. The second-order valence-corrected chi connectivity index (χ2v) is 12.0. The molecule has 0 bridgehead atoms. The first-order chi connectivity index (χ1) is 12.9. The minimum absolute atomic E-state index is 0.115. The number of rotatable bonds is 4. The third-order valence-electron chi connectivity index (χ3n) is 4.34. The standard InChI is InChI=1S/C17H15Cl5N2O3S/c1-15(2)10(12(25)27-8-16(19,20)21)24-13(26)17(22,14(24)28-15)23-11(18)9-6-4-3-5-7-9/h3-7,10,14H,8H2,1-2H3/t10-,14+,17+/m0/s1. The Labute approximate surface area is 191 Å². The normalized spacial score (nSPS) is 29.3. The van der Waals surface area contributed by atoms with Gasteiger partial charge in [-0.2, -0.15) is 0 Å². The van der Waals surface area contributed by atoms with E-state index < -0.39 is 43.4 Å². The van der Waals surface area contributed by atoms with Crippen LogP contribution < -0.4 is 0 Å². The predicted molar refractivity (Wildman–Crippen MR) is 115 cm³/mol. The lowest BCUT2D eigenvalue weighted by Gasteiger charge is -2.47. The topological polar surface area (TPSA) is 59.0 Å². The zero-order chi connectivity index (χ0) is 20.9. The van der Waals surface area contributed by atoms with E-state index in [4.69, 9.17) is 62.7 Å². The molecule has 28 heavy (non-hydrogen) atoms. The fourth-order valence-electron chi connectivity index (χ4n) is 3.10. The number of hydrogen-bond acceptors (Lipinski definition) is 5. The van der Waals surface area contributed by atoms with Gasteiger partial charge in [0.1, 0.15) is 23.2 Å². The summed E-state index contributed by atoms with van der Waals surface area (Å²) < 4.78 is 2.67. The Morgan fingerprint density at radius 1 is 1.29 bits per heavy atom. The lowest BCUT2D eigenvalue weighted by atomic mass is 9.96. The summed E-state index contributed by atoms with van der Waals surface area (Å²) >= 11 is 31.1. The molecule has 1 amide bonds. The fraction of sp³-hybridized carbons (Fsp3) is 0.471. The highest BCUT2D eigenvalue weighted by molar-refractivity contribution is 8.01. The van der Waals surface area contributed by atoms with Crippen molar-refractivity contribution in [3.8, 4) is 0 Å². The van der Waals surface area contributed by atoms with Gasteiger partial charge in [0.05, 0.1) is 0 Å². The Morgan fingerprint density at radius 3 is 2.46 bits per heavy atom. The van der Waals surface area contributed by atoms with Crippen molar-refractivity contribution in [1.29, 1.82) is 0 Å². The quantitative estimate of drug-likeness (QED) is 0.198. The molecule has 0 N–H and O–H groups in total.